The number of unbranched alkanes of at least 4 members (excludes halogenated alkanes) is 23. The van der Waals surface area contributed by atoms with E-state index in [4.69, 9.17) is 14.2 Å². The molecule has 0 saturated carbocycles. The molecule has 1 aliphatic rings. The Hall–Kier alpha value is -4.46. The standard InChI is InChI=1S/C78H129NO10/c1-4-7-10-13-16-19-22-24-26-28-30-32-34-36-38-40-42-44-46-48-51-54-57-60-63-66-73(83)89-76-75(85)74(84)72(67-80)88-78(76)87-68-69(70(81)64-61-58-55-52-49-21-18-15-12-9-6-3)79-77(86)71(82)65-62-59-56-53-50-47-45-43-41-39-37-35-33-31-29-27-25-23-20-17-14-11-8-5-2/h7-8,10-11,16-17,19-20,24-27,30-33,36-39,42,44,61,64,69-72,74-76,78,80-82,84-85H,4-6,9,12-15,18,21-23,28-29,34-35,40-41,43,45-60,62-63,65-68H2,1-3H3,(H,79,86)/b10-7-,11-8-,19-16-,20-17-,26-24-,27-25-,32-30-,33-31-,38-36-,39-37-,44-42-,64-61+. The Kier molecular flexibility index (Phi) is 59.1. The number of rotatable bonds is 59. The fourth-order valence-electron chi connectivity index (χ4n) is 10.2. The number of esters is 1. The second-order valence-electron chi connectivity index (χ2n) is 23.9. The summed E-state index contributed by atoms with van der Waals surface area (Å²) in [5.41, 5.74) is 0. The van der Waals surface area contributed by atoms with Gasteiger partial charge in [0, 0.05) is 6.42 Å². The highest BCUT2D eigenvalue weighted by molar-refractivity contribution is 5.80. The highest BCUT2D eigenvalue weighted by atomic mass is 16.7. The molecule has 1 amide bonds. The lowest BCUT2D eigenvalue weighted by Crippen LogP contribution is -2.61. The Morgan fingerprint density at radius 1 is 0.449 bits per heavy atom. The van der Waals surface area contributed by atoms with E-state index in [0.29, 0.717) is 12.8 Å². The molecule has 1 rings (SSSR count). The van der Waals surface area contributed by atoms with Gasteiger partial charge in [0.25, 0.3) is 0 Å². The van der Waals surface area contributed by atoms with E-state index in [-0.39, 0.29) is 19.4 Å². The third-order valence-electron chi connectivity index (χ3n) is 15.7. The molecule has 0 bridgehead atoms. The third-order valence-corrected chi connectivity index (χ3v) is 15.7. The quantitative estimate of drug-likeness (QED) is 0.0195. The second-order valence-corrected chi connectivity index (χ2v) is 23.9. The minimum atomic E-state index is -1.63. The van der Waals surface area contributed by atoms with Gasteiger partial charge in [-0.15, -0.1) is 0 Å². The number of allylic oxidation sites excluding steroid dienone is 23. The van der Waals surface area contributed by atoms with Crippen LogP contribution in [0.25, 0.3) is 0 Å². The fourth-order valence-corrected chi connectivity index (χ4v) is 10.2. The molecular weight excluding hydrogens is 1110 g/mol. The van der Waals surface area contributed by atoms with Crippen LogP contribution >= 0.6 is 0 Å². The molecule has 0 aromatic rings. The second kappa shape index (κ2) is 63.7. The topological polar surface area (TPSA) is 175 Å². The van der Waals surface area contributed by atoms with Crippen LogP contribution in [0, 0.1) is 0 Å². The van der Waals surface area contributed by atoms with Gasteiger partial charge >= 0.3 is 5.97 Å². The molecule has 8 unspecified atom stereocenters. The number of hydrogen-bond donors (Lipinski definition) is 6. The summed E-state index contributed by atoms with van der Waals surface area (Å²) >= 11 is 0. The number of carbonyl (C=O) groups is 2. The van der Waals surface area contributed by atoms with Crippen LogP contribution in [0.3, 0.4) is 0 Å². The zero-order valence-corrected chi connectivity index (χ0v) is 56.2. The van der Waals surface area contributed by atoms with Crippen LogP contribution in [0.1, 0.15) is 271 Å². The molecule has 1 aliphatic heterocycles. The minimum Gasteiger partial charge on any atom is -0.454 e. The fraction of sp³-hybridized carbons (Fsp3) is 0.667. The third kappa shape index (κ3) is 50.8. The van der Waals surface area contributed by atoms with Crippen LogP contribution in [0.4, 0.5) is 0 Å². The SMILES string of the molecule is CC/C=C\C/C=C\C/C=C\C/C=C\C/C=C\C/C=C\CCCCCCCCC(=O)OC1C(OCC(NC(=O)C(O)CCCCCCCCCC/C=C\C/C=C\C/C=C\C/C=C\C/C=C\CC)C(O)/C=C/CCCCCCCCCCC)OC(CO)C(O)C1O. The average molecular weight is 1240 g/mol. The molecule has 0 radical (unpaired) electrons. The first-order valence-electron chi connectivity index (χ1n) is 35.6. The molecule has 1 heterocycles. The van der Waals surface area contributed by atoms with Crippen LogP contribution in [0.15, 0.2) is 146 Å². The normalized spacial score (nSPS) is 19.0. The van der Waals surface area contributed by atoms with Crippen LogP contribution < -0.4 is 5.32 Å². The van der Waals surface area contributed by atoms with Gasteiger partial charge in [-0.05, 0) is 122 Å². The number of ether oxygens (including phenoxy) is 3. The minimum absolute atomic E-state index is 0.0972. The van der Waals surface area contributed by atoms with Crippen molar-refractivity contribution in [2.75, 3.05) is 13.2 Å². The Bertz CT molecular complexity index is 2010. The van der Waals surface area contributed by atoms with E-state index in [9.17, 15) is 35.1 Å². The van der Waals surface area contributed by atoms with Gasteiger partial charge in [-0.2, -0.15) is 0 Å². The summed E-state index contributed by atoms with van der Waals surface area (Å²) in [7, 11) is 0. The van der Waals surface area contributed by atoms with E-state index in [1.54, 1.807) is 6.08 Å². The van der Waals surface area contributed by atoms with E-state index in [0.717, 1.165) is 167 Å². The molecular formula is C78H129NO10. The van der Waals surface area contributed by atoms with E-state index in [1.807, 2.05) is 6.08 Å². The highest BCUT2D eigenvalue weighted by Gasteiger charge is 2.47. The van der Waals surface area contributed by atoms with Crippen LogP contribution in [-0.2, 0) is 23.8 Å². The lowest BCUT2D eigenvalue weighted by atomic mass is 9.99. The van der Waals surface area contributed by atoms with Gasteiger partial charge in [-0.1, -0.05) is 289 Å². The Morgan fingerprint density at radius 3 is 1.21 bits per heavy atom. The van der Waals surface area contributed by atoms with Gasteiger partial charge in [0.2, 0.25) is 5.91 Å². The lowest BCUT2D eigenvalue weighted by Gasteiger charge is -2.41. The lowest BCUT2D eigenvalue weighted by molar-refractivity contribution is -0.305. The molecule has 6 N–H and O–H groups in total. The van der Waals surface area contributed by atoms with Crippen molar-refractivity contribution in [1.82, 2.24) is 5.32 Å². The maximum atomic E-state index is 13.5. The number of aliphatic hydroxyl groups excluding tert-OH is 5. The van der Waals surface area contributed by atoms with Gasteiger partial charge in [0.05, 0.1) is 25.4 Å². The van der Waals surface area contributed by atoms with Crippen LogP contribution in [0.2, 0.25) is 0 Å². The highest BCUT2D eigenvalue weighted by Crippen LogP contribution is 2.26. The molecule has 0 spiro atoms. The summed E-state index contributed by atoms with van der Waals surface area (Å²) in [5.74, 6) is -1.22. The molecule has 11 heteroatoms. The predicted molar refractivity (Wildman–Crippen MR) is 374 cm³/mol. The van der Waals surface area contributed by atoms with Crippen molar-refractivity contribution in [3.05, 3.63) is 146 Å². The summed E-state index contributed by atoms with van der Waals surface area (Å²) in [6, 6.07) is -1.04. The molecule has 506 valence electrons. The summed E-state index contributed by atoms with van der Waals surface area (Å²) in [6.45, 7) is 5.55. The van der Waals surface area contributed by atoms with E-state index < -0.39 is 67.4 Å². The van der Waals surface area contributed by atoms with Crippen molar-refractivity contribution in [2.45, 2.75) is 320 Å². The Labute approximate surface area is 543 Å². The van der Waals surface area contributed by atoms with Gasteiger partial charge in [0.1, 0.15) is 24.4 Å². The Morgan fingerprint density at radius 2 is 0.809 bits per heavy atom. The molecule has 89 heavy (non-hydrogen) atoms. The number of nitrogens with one attached hydrogen (secondary N) is 1. The zero-order chi connectivity index (χ0) is 64.6. The zero-order valence-electron chi connectivity index (χ0n) is 56.2. The first-order valence-corrected chi connectivity index (χ1v) is 35.6. The monoisotopic (exact) mass is 1240 g/mol. The molecule has 0 aromatic heterocycles. The van der Waals surface area contributed by atoms with Crippen molar-refractivity contribution >= 4 is 11.9 Å². The smallest absolute Gasteiger partial charge is 0.306 e. The van der Waals surface area contributed by atoms with Gasteiger partial charge in [0.15, 0.2) is 12.4 Å². The van der Waals surface area contributed by atoms with E-state index in [1.165, 1.54) is 57.8 Å². The van der Waals surface area contributed by atoms with Crippen LogP contribution in [0.5, 0.6) is 0 Å². The summed E-state index contributed by atoms with van der Waals surface area (Å²) in [4.78, 5) is 26.7. The summed E-state index contributed by atoms with van der Waals surface area (Å²) < 4.78 is 17.7. The van der Waals surface area contributed by atoms with Crippen LogP contribution in [-0.4, -0.2) is 99.6 Å². The van der Waals surface area contributed by atoms with Crippen molar-refractivity contribution in [3.8, 4) is 0 Å². The van der Waals surface area contributed by atoms with Crippen molar-refractivity contribution in [3.63, 3.8) is 0 Å². The molecule has 11 nitrogen and oxygen atoms in total. The number of hydrogen-bond acceptors (Lipinski definition) is 10. The van der Waals surface area contributed by atoms with Crippen molar-refractivity contribution in [2.24, 2.45) is 0 Å². The molecule has 0 aliphatic carbocycles. The number of carbonyl (C=O) groups excluding carboxylic acids is 2. The molecule has 1 saturated heterocycles. The number of aliphatic hydroxyl groups is 5. The Balaban J connectivity index is 2.58. The van der Waals surface area contributed by atoms with Gasteiger partial charge in [-0.25, -0.2) is 0 Å². The largest absolute Gasteiger partial charge is 0.454 e. The van der Waals surface area contributed by atoms with Crippen molar-refractivity contribution in [1.29, 1.82) is 0 Å². The summed E-state index contributed by atoms with van der Waals surface area (Å²) in [5, 5.41) is 57.2. The average Bonchev–Trinajstić information content (AvgIpc) is 3.71. The maximum Gasteiger partial charge on any atom is 0.306 e. The van der Waals surface area contributed by atoms with E-state index in [2.05, 4.69) is 160 Å². The first kappa shape index (κ1) is 82.6. The van der Waals surface area contributed by atoms with E-state index >= 15 is 0 Å². The summed E-state index contributed by atoms with van der Waals surface area (Å²) in [6.07, 6.45) is 81.6. The number of amides is 1. The predicted octanol–water partition coefficient (Wildman–Crippen LogP) is 18.5. The van der Waals surface area contributed by atoms with Crippen molar-refractivity contribution < 1.29 is 49.3 Å². The maximum absolute atomic E-state index is 13.5. The molecule has 0 aromatic carbocycles. The molecule has 8 atom stereocenters. The molecule has 1 fully saturated rings. The first-order chi connectivity index (χ1) is 43.7. The van der Waals surface area contributed by atoms with Gasteiger partial charge < -0.3 is 45.1 Å². The van der Waals surface area contributed by atoms with Gasteiger partial charge in [-0.3, -0.25) is 9.59 Å².